The molecule has 0 aliphatic carbocycles. The SMILES string of the molecule is Cc1nc(C)n(C[C@H](C)C(=O)N2CCC[C@H](c3nc(C)n4c(C)csc34)C2)n1. The number of hydrogen-bond donors (Lipinski definition) is 0. The summed E-state index contributed by atoms with van der Waals surface area (Å²) in [5.41, 5.74) is 2.38. The molecule has 0 unspecified atom stereocenters. The van der Waals surface area contributed by atoms with Gasteiger partial charge in [-0.2, -0.15) is 5.10 Å². The molecule has 7 nitrogen and oxygen atoms in total. The molecule has 28 heavy (non-hydrogen) atoms. The summed E-state index contributed by atoms with van der Waals surface area (Å²) in [6, 6.07) is 0. The van der Waals surface area contributed by atoms with Crippen molar-refractivity contribution < 1.29 is 4.79 Å². The van der Waals surface area contributed by atoms with Gasteiger partial charge in [-0.3, -0.25) is 9.20 Å². The number of imidazole rings is 1. The lowest BCUT2D eigenvalue weighted by Crippen LogP contribution is -2.42. The number of nitrogens with zero attached hydrogens (tertiary/aromatic N) is 6. The number of amides is 1. The van der Waals surface area contributed by atoms with Crippen LogP contribution in [0.5, 0.6) is 0 Å². The minimum absolute atomic E-state index is 0.119. The molecule has 0 radical (unpaired) electrons. The van der Waals surface area contributed by atoms with Crippen molar-refractivity contribution in [2.24, 2.45) is 5.92 Å². The molecule has 1 amide bonds. The molecule has 1 fully saturated rings. The average Bonchev–Trinajstić information content (AvgIpc) is 3.31. The summed E-state index contributed by atoms with van der Waals surface area (Å²) in [5.74, 6) is 3.04. The largest absolute Gasteiger partial charge is 0.342 e. The molecule has 4 rings (SSSR count). The summed E-state index contributed by atoms with van der Waals surface area (Å²) in [4.78, 5) is 25.6. The first-order valence-electron chi connectivity index (χ1n) is 9.95. The molecule has 8 heteroatoms. The first-order valence-corrected chi connectivity index (χ1v) is 10.8. The Labute approximate surface area is 169 Å². The second-order valence-electron chi connectivity index (χ2n) is 7.97. The number of likely N-dealkylation sites (tertiary alicyclic amines) is 1. The Balaban J connectivity index is 1.50. The third kappa shape index (κ3) is 3.34. The first kappa shape index (κ1) is 19.1. The van der Waals surface area contributed by atoms with Crippen LogP contribution in [-0.4, -0.2) is 48.0 Å². The van der Waals surface area contributed by atoms with Crippen molar-refractivity contribution in [1.82, 2.24) is 29.0 Å². The monoisotopic (exact) mass is 400 g/mol. The van der Waals surface area contributed by atoms with E-state index in [9.17, 15) is 4.79 Å². The van der Waals surface area contributed by atoms with Crippen LogP contribution in [0.4, 0.5) is 0 Å². The second-order valence-corrected chi connectivity index (χ2v) is 8.83. The van der Waals surface area contributed by atoms with Gasteiger partial charge in [-0.25, -0.2) is 14.6 Å². The molecule has 3 aromatic heterocycles. The lowest BCUT2D eigenvalue weighted by Gasteiger charge is -2.33. The fourth-order valence-corrected chi connectivity index (χ4v) is 5.41. The van der Waals surface area contributed by atoms with Gasteiger partial charge in [0.1, 0.15) is 22.3 Å². The summed E-state index contributed by atoms with van der Waals surface area (Å²) >= 11 is 1.76. The fourth-order valence-electron chi connectivity index (χ4n) is 4.31. The maximum atomic E-state index is 13.1. The van der Waals surface area contributed by atoms with E-state index in [1.165, 1.54) is 10.5 Å². The zero-order chi connectivity index (χ0) is 20.0. The average molecular weight is 401 g/mol. The number of aromatic nitrogens is 5. The predicted molar refractivity (Wildman–Crippen MR) is 110 cm³/mol. The van der Waals surface area contributed by atoms with Crippen LogP contribution < -0.4 is 0 Å². The molecule has 0 saturated carbocycles. The molecule has 0 bridgehead atoms. The highest BCUT2D eigenvalue weighted by Gasteiger charge is 2.31. The van der Waals surface area contributed by atoms with E-state index in [1.54, 1.807) is 11.3 Å². The van der Waals surface area contributed by atoms with Gasteiger partial charge in [-0.1, -0.05) is 6.92 Å². The fraction of sp³-hybridized carbons (Fsp3) is 0.600. The van der Waals surface area contributed by atoms with E-state index in [0.717, 1.165) is 49.1 Å². The van der Waals surface area contributed by atoms with Gasteiger partial charge in [0.15, 0.2) is 0 Å². The minimum Gasteiger partial charge on any atom is -0.342 e. The first-order chi connectivity index (χ1) is 13.3. The molecule has 0 N–H and O–H groups in total. The number of rotatable bonds is 4. The van der Waals surface area contributed by atoms with Gasteiger partial charge < -0.3 is 4.90 Å². The molecular formula is C20H28N6OS. The van der Waals surface area contributed by atoms with E-state index in [2.05, 4.69) is 33.7 Å². The van der Waals surface area contributed by atoms with E-state index >= 15 is 0 Å². The van der Waals surface area contributed by atoms with Crippen LogP contribution in [0.15, 0.2) is 5.38 Å². The van der Waals surface area contributed by atoms with Gasteiger partial charge in [0, 0.05) is 30.1 Å². The summed E-state index contributed by atoms with van der Waals surface area (Å²) in [6.45, 7) is 12.1. The molecule has 150 valence electrons. The van der Waals surface area contributed by atoms with Crippen LogP contribution in [0.1, 0.15) is 54.5 Å². The highest BCUT2D eigenvalue weighted by atomic mass is 32.1. The van der Waals surface area contributed by atoms with Crippen LogP contribution in [0.25, 0.3) is 4.83 Å². The van der Waals surface area contributed by atoms with Gasteiger partial charge in [-0.15, -0.1) is 11.3 Å². The van der Waals surface area contributed by atoms with Crippen LogP contribution in [0.3, 0.4) is 0 Å². The van der Waals surface area contributed by atoms with Crippen molar-refractivity contribution in [2.45, 2.75) is 59.9 Å². The van der Waals surface area contributed by atoms with Crippen molar-refractivity contribution in [3.63, 3.8) is 0 Å². The van der Waals surface area contributed by atoms with Gasteiger partial charge in [0.05, 0.1) is 18.2 Å². The van der Waals surface area contributed by atoms with Crippen LogP contribution >= 0.6 is 11.3 Å². The molecule has 1 saturated heterocycles. The Morgan fingerprint density at radius 2 is 2.04 bits per heavy atom. The lowest BCUT2D eigenvalue weighted by atomic mass is 9.94. The summed E-state index contributed by atoms with van der Waals surface area (Å²) in [6.07, 6.45) is 2.11. The number of aryl methyl sites for hydroxylation is 4. The molecule has 1 aliphatic heterocycles. The zero-order valence-corrected chi connectivity index (χ0v) is 18.1. The second kappa shape index (κ2) is 7.31. The normalized spacial score (nSPS) is 18.8. The number of fused-ring (bicyclic) bond motifs is 1. The number of piperidine rings is 1. The predicted octanol–water partition coefficient (Wildman–Crippen LogP) is 3.26. The van der Waals surface area contributed by atoms with Crippen LogP contribution in [0.2, 0.25) is 0 Å². The summed E-state index contributed by atoms with van der Waals surface area (Å²) in [7, 11) is 0. The topological polar surface area (TPSA) is 68.3 Å². The molecule has 1 aliphatic rings. The number of hydrogen-bond acceptors (Lipinski definition) is 5. The maximum absolute atomic E-state index is 13.1. The van der Waals surface area contributed by atoms with Crippen molar-refractivity contribution in [3.05, 3.63) is 34.2 Å². The van der Waals surface area contributed by atoms with Crippen LogP contribution in [-0.2, 0) is 11.3 Å². The highest BCUT2D eigenvalue weighted by molar-refractivity contribution is 7.15. The molecule has 0 spiro atoms. The molecule has 2 atom stereocenters. The van der Waals surface area contributed by atoms with Gasteiger partial charge in [0.2, 0.25) is 5.91 Å². The smallest absolute Gasteiger partial charge is 0.227 e. The van der Waals surface area contributed by atoms with Gasteiger partial charge in [-0.05, 0) is 40.5 Å². The van der Waals surface area contributed by atoms with Gasteiger partial charge >= 0.3 is 0 Å². The van der Waals surface area contributed by atoms with Crippen LogP contribution in [0, 0.1) is 33.6 Å². The lowest BCUT2D eigenvalue weighted by molar-refractivity contribution is -0.136. The van der Waals surface area contributed by atoms with E-state index in [0.29, 0.717) is 12.5 Å². The standard InChI is InChI=1S/C20H28N6OS/c1-12(9-25-15(4)21-14(3)23-25)19(27)24-8-6-7-17(10-24)18-20-26(16(5)22-18)13(2)11-28-20/h11-12,17H,6-10H2,1-5H3/t12-,17-/m0/s1. The molecular weight excluding hydrogens is 372 g/mol. The highest BCUT2D eigenvalue weighted by Crippen LogP contribution is 2.33. The summed E-state index contributed by atoms with van der Waals surface area (Å²) in [5, 5.41) is 6.59. The van der Waals surface area contributed by atoms with E-state index in [4.69, 9.17) is 4.98 Å². The van der Waals surface area contributed by atoms with Crippen molar-refractivity contribution in [2.75, 3.05) is 13.1 Å². The maximum Gasteiger partial charge on any atom is 0.227 e. The Kier molecular flexibility index (Phi) is 4.99. The Bertz CT molecular complexity index is 1020. The number of carbonyl (C=O) groups excluding carboxylic acids is 1. The van der Waals surface area contributed by atoms with Gasteiger partial charge in [0.25, 0.3) is 0 Å². The van der Waals surface area contributed by atoms with Crippen molar-refractivity contribution >= 4 is 22.1 Å². The quantitative estimate of drug-likeness (QED) is 0.674. The molecule has 0 aromatic carbocycles. The molecule has 3 aromatic rings. The zero-order valence-electron chi connectivity index (χ0n) is 17.3. The Hall–Kier alpha value is -2.22. The summed E-state index contributed by atoms with van der Waals surface area (Å²) < 4.78 is 4.08. The molecule has 4 heterocycles. The Morgan fingerprint density at radius 1 is 1.25 bits per heavy atom. The minimum atomic E-state index is -0.119. The van der Waals surface area contributed by atoms with E-state index < -0.39 is 0 Å². The Morgan fingerprint density at radius 3 is 2.75 bits per heavy atom. The van der Waals surface area contributed by atoms with E-state index in [-0.39, 0.29) is 11.8 Å². The number of thiazole rings is 1. The van der Waals surface area contributed by atoms with Crippen molar-refractivity contribution in [3.8, 4) is 0 Å². The van der Waals surface area contributed by atoms with Crippen molar-refractivity contribution in [1.29, 1.82) is 0 Å². The third-order valence-corrected chi connectivity index (χ3v) is 6.75. The third-order valence-electron chi connectivity index (χ3n) is 5.67. The number of carbonyl (C=O) groups is 1. The van der Waals surface area contributed by atoms with E-state index in [1.807, 2.05) is 30.4 Å².